The van der Waals surface area contributed by atoms with E-state index >= 15 is 0 Å². The number of rotatable bonds is 4. The van der Waals surface area contributed by atoms with Gasteiger partial charge in [0.1, 0.15) is 0 Å². The lowest BCUT2D eigenvalue weighted by molar-refractivity contribution is -0.151. The van der Waals surface area contributed by atoms with Crippen LogP contribution in [-0.4, -0.2) is 31.3 Å². The zero-order chi connectivity index (χ0) is 14.0. The SMILES string of the molecule is O=C(O)C1(Cn2nnnc2C2CCC2)CCCCCC1. The molecular weight excluding hydrogens is 256 g/mol. The number of carboxylic acids is 1. The minimum atomic E-state index is -0.686. The van der Waals surface area contributed by atoms with Gasteiger partial charge in [0.2, 0.25) is 0 Å². The van der Waals surface area contributed by atoms with Crippen molar-refractivity contribution < 1.29 is 9.90 Å². The van der Waals surface area contributed by atoms with E-state index in [9.17, 15) is 9.90 Å². The van der Waals surface area contributed by atoms with Crippen LogP contribution in [-0.2, 0) is 11.3 Å². The molecule has 2 saturated carbocycles. The van der Waals surface area contributed by atoms with Crippen molar-refractivity contribution in [3.63, 3.8) is 0 Å². The summed E-state index contributed by atoms with van der Waals surface area (Å²) in [6, 6.07) is 0. The highest BCUT2D eigenvalue weighted by Gasteiger charge is 2.40. The van der Waals surface area contributed by atoms with Crippen LogP contribution in [0.25, 0.3) is 0 Å². The van der Waals surface area contributed by atoms with E-state index in [4.69, 9.17) is 0 Å². The van der Waals surface area contributed by atoms with Gasteiger partial charge in [0, 0.05) is 5.92 Å². The molecule has 0 unspecified atom stereocenters. The first-order valence-electron chi connectivity index (χ1n) is 7.71. The largest absolute Gasteiger partial charge is 0.481 e. The Kier molecular flexibility index (Phi) is 3.72. The Hall–Kier alpha value is -1.46. The third kappa shape index (κ3) is 2.43. The Bertz CT molecular complexity index is 473. The maximum Gasteiger partial charge on any atom is 0.311 e. The second kappa shape index (κ2) is 5.50. The highest BCUT2D eigenvalue weighted by Crippen LogP contribution is 2.39. The molecule has 1 N–H and O–H groups in total. The summed E-state index contributed by atoms with van der Waals surface area (Å²) in [5.41, 5.74) is -0.676. The van der Waals surface area contributed by atoms with Crippen molar-refractivity contribution in [1.29, 1.82) is 0 Å². The molecule has 20 heavy (non-hydrogen) atoms. The van der Waals surface area contributed by atoms with Crippen LogP contribution >= 0.6 is 0 Å². The van der Waals surface area contributed by atoms with Gasteiger partial charge in [-0.05, 0) is 36.1 Å². The van der Waals surface area contributed by atoms with Gasteiger partial charge in [-0.2, -0.15) is 0 Å². The van der Waals surface area contributed by atoms with Crippen molar-refractivity contribution in [2.75, 3.05) is 0 Å². The molecule has 1 heterocycles. The van der Waals surface area contributed by atoms with Crippen LogP contribution in [0.1, 0.15) is 69.5 Å². The molecule has 0 amide bonds. The summed E-state index contributed by atoms with van der Waals surface area (Å²) in [5, 5.41) is 21.7. The first-order chi connectivity index (χ1) is 9.71. The number of aliphatic carboxylic acids is 1. The second-order valence-electron chi connectivity index (χ2n) is 6.32. The van der Waals surface area contributed by atoms with Gasteiger partial charge in [-0.3, -0.25) is 4.79 Å². The van der Waals surface area contributed by atoms with Crippen LogP contribution in [0.5, 0.6) is 0 Å². The van der Waals surface area contributed by atoms with Crippen molar-refractivity contribution in [1.82, 2.24) is 20.2 Å². The normalized spacial score (nSPS) is 23.0. The van der Waals surface area contributed by atoms with Gasteiger partial charge in [0.25, 0.3) is 0 Å². The summed E-state index contributed by atoms with van der Waals surface area (Å²) in [6.07, 6.45) is 9.22. The molecule has 2 aliphatic carbocycles. The van der Waals surface area contributed by atoms with Gasteiger partial charge in [0.05, 0.1) is 12.0 Å². The number of nitrogens with zero attached hydrogens (tertiary/aromatic N) is 4. The van der Waals surface area contributed by atoms with Crippen LogP contribution in [0.4, 0.5) is 0 Å². The van der Waals surface area contributed by atoms with Gasteiger partial charge in [-0.1, -0.05) is 32.1 Å². The van der Waals surface area contributed by atoms with Crippen LogP contribution in [0.15, 0.2) is 0 Å². The van der Waals surface area contributed by atoms with E-state index in [0.717, 1.165) is 57.2 Å². The molecule has 0 bridgehead atoms. The van der Waals surface area contributed by atoms with Crippen LogP contribution in [0.2, 0.25) is 0 Å². The van der Waals surface area contributed by atoms with Crippen molar-refractivity contribution in [2.24, 2.45) is 5.41 Å². The standard InChI is InChI=1S/C14H22N4O2/c19-13(20)14(8-3-1-2-4-9-14)10-18-12(15-16-17-18)11-6-5-7-11/h11H,1-10H2,(H,19,20). The van der Waals surface area contributed by atoms with Gasteiger partial charge in [-0.15, -0.1) is 5.10 Å². The van der Waals surface area contributed by atoms with Crippen LogP contribution < -0.4 is 0 Å². The zero-order valence-corrected chi connectivity index (χ0v) is 11.8. The number of hydrogen-bond acceptors (Lipinski definition) is 4. The predicted molar refractivity (Wildman–Crippen MR) is 72.2 cm³/mol. The summed E-state index contributed by atoms with van der Waals surface area (Å²) >= 11 is 0. The molecule has 1 aromatic heterocycles. The molecule has 110 valence electrons. The average molecular weight is 278 g/mol. The lowest BCUT2D eigenvalue weighted by Gasteiger charge is -2.30. The maximum atomic E-state index is 11.8. The van der Waals surface area contributed by atoms with E-state index in [1.54, 1.807) is 4.68 Å². The van der Waals surface area contributed by atoms with Gasteiger partial charge in [-0.25, -0.2) is 4.68 Å². The fourth-order valence-corrected chi connectivity index (χ4v) is 3.41. The van der Waals surface area contributed by atoms with Crippen LogP contribution in [0, 0.1) is 5.41 Å². The van der Waals surface area contributed by atoms with E-state index in [-0.39, 0.29) is 0 Å². The molecule has 0 aliphatic heterocycles. The van der Waals surface area contributed by atoms with E-state index in [1.807, 2.05) is 0 Å². The highest BCUT2D eigenvalue weighted by molar-refractivity contribution is 5.74. The monoisotopic (exact) mass is 278 g/mol. The minimum Gasteiger partial charge on any atom is -0.481 e. The second-order valence-corrected chi connectivity index (χ2v) is 6.32. The van der Waals surface area contributed by atoms with Gasteiger partial charge in [0.15, 0.2) is 5.82 Å². The summed E-state index contributed by atoms with van der Waals surface area (Å²) in [5.74, 6) is 0.636. The molecule has 3 rings (SSSR count). The molecule has 0 atom stereocenters. The summed E-state index contributed by atoms with van der Waals surface area (Å²) < 4.78 is 1.77. The zero-order valence-electron chi connectivity index (χ0n) is 11.8. The molecule has 1 aromatic rings. The average Bonchev–Trinajstić information content (AvgIpc) is 2.65. The first kappa shape index (κ1) is 13.5. The summed E-state index contributed by atoms with van der Waals surface area (Å²) in [7, 11) is 0. The van der Waals surface area contributed by atoms with Crippen molar-refractivity contribution >= 4 is 5.97 Å². The van der Waals surface area contributed by atoms with Crippen molar-refractivity contribution in [3.8, 4) is 0 Å². The fraction of sp³-hybridized carbons (Fsp3) is 0.857. The number of hydrogen-bond donors (Lipinski definition) is 1. The number of carboxylic acid groups (broad SMARTS) is 1. The molecule has 6 nitrogen and oxygen atoms in total. The third-order valence-corrected chi connectivity index (χ3v) is 5.00. The Labute approximate surface area is 118 Å². The Morgan fingerprint density at radius 2 is 1.90 bits per heavy atom. The van der Waals surface area contributed by atoms with E-state index in [0.29, 0.717) is 12.5 Å². The maximum absolute atomic E-state index is 11.8. The van der Waals surface area contributed by atoms with Crippen molar-refractivity contribution in [3.05, 3.63) is 5.82 Å². The van der Waals surface area contributed by atoms with E-state index < -0.39 is 11.4 Å². The Morgan fingerprint density at radius 3 is 2.45 bits per heavy atom. The number of aromatic nitrogens is 4. The lowest BCUT2D eigenvalue weighted by atomic mass is 9.79. The Morgan fingerprint density at radius 1 is 1.20 bits per heavy atom. The Balaban J connectivity index is 1.82. The smallest absolute Gasteiger partial charge is 0.311 e. The van der Waals surface area contributed by atoms with Gasteiger partial charge < -0.3 is 5.11 Å². The lowest BCUT2D eigenvalue weighted by Crippen LogP contribution is -2.36. The summed E-state index contributed by atoms with van der Waals surface area (Å²) in [4.78, 5) is 11.8. The molecule has 0 spiro atoms. The summed E-state index contributed by atoms with van der Waals surface area (Å²) in [6.45, 7) is 0.432. The first-order valence-corrected chi connectivity index (χ1v) is 7.71. The highest BCUT2D eigenvalue weighted by atomic mass is 16.4. The molecular formula is C14H22N4O2. The minimum absolute atomic E-state index is 0.432. The number of tetrazole rings is 1. The molecule has 0 saturated heterocycles. The topological polar surface area (TPSA) is 80.9 Å². The number of carbonyl (C=O) groups is 1. The predicted octanol–water partition coefficient (Wildman–Crippen LogP) is 2.37. The van der Waals surface area contributed by atoms with Crippen molar-refractivity contribution in [2.45, 2.75) is 70.3 Å². The quantitative estimate of drug-likeness (QED) is 0.855. The molecule has 6 heteroatoms. The van der Waals surface area contributed by atoms with Crippen LogP contribution in [0.3, 0.4) is 0 Å². The van der Waals surface area contributed by atoms with Gasteiger partial charge >= 0.3 is 5.97 Å². The molecule has 2 fully saturated rings. The third-order valence-electron chi connectivity index (χ3n) is 5.00. The fourth-order valence-electron chi connectivity index (χ4n) is 3.41. The molecule has 0 radical (unpaired) electrons. The molecule has 0 aromatic carbocycles. The van der Waals surface area contributed by atoms with E-state index in [1.165, 1.54) is 6.42 Å². The van der Waals surface area contributed by atoms with E-state index in [2.05, 4.69) is 15.5 Å². The molecule has 2 aliphatic rings.